The summed E-state index contributed by atoms with van der Waals surface area (Å²) in [4.78, 5) is 25.6. The molecule has 20 heavy (non-hydrogen) atoms. The highest BCUT2D eigenvalue weighted by atomic mass is 16.4. The minimum atomic E-state index is -0.770. The number of carbonyl (C=O) groups is 2. The molecule has 0 bridgehead atoms. The smallest absolute Gasteiger partial charge is 0.314 e. The van der Waals surface area contributed by atoms with Gasteiger partial charge >= 0.3 is 12.0 Å². The maximum Gasteiger partial charge on any atom is 0.314 e. The van der Waals surface area contributed by atoms with Crippen molar-refractivity contribution in [3.05, 3.63) is 18.7 Å². The first-order chi connectivity index (χ1) is 9.68. The van der Waals surface area contributed by atoms with Gasteiger partial charge < -0.3 is 20.3 Å². The molecule has 0 aliphatic carbocycles. The SMILES string of the molecule is O=C(O)CCCCCNC(=O)NCCCn1ccnc1. The predicted molar refractivity (Wildman–Crippen MR) is 74.3 cm³/mol. The van der Waals surface area contributed by atoms with Gasteiger partial charge in [-0.1, -0.05) is 6.42 Å². The highest BCUT2D eigenvalue weighted by molar-refractivity contribution is 5.73. The largest absolute Gasteiger partial charge is 0.481 e. The molecular formula is C13H22N4O3. The number of imidazole rings is 1. The predicted octanol–water partition coefficient (Wildman–Crippen LogP) is 1.22. The standard InChI is InChI=1S/C13H22N4O3/c18-12(19)5-2-1-3-6-15-13(20)16-7-4-9-17-10-8-14-11-17/h8,10-11H,1-7,9H2,(H,18,19)(H2,15,16,20). The van der Waals surface area contributed by atoms with Crippen LogP contribution in [-0.4, -0.2) is 39.7 Å². The van der Waals surface area contributed by atoms with Gasteiger partial charge in [-0.3, -0.25) is 4.79 Å². The average molecular weight is 282 g/mol. The summed E-state index contributed by atoms with van der Waals surface area (Å²) < 4.78 is 1.96. The number of carboxylic acid groups (broad SMARTS) is 1. The van der Waals surface area contributed by atoms with Crippen molar-refractivity contribution in [2.75, 3.05) is 13.1 Å². The fourth-order valence-electron chi connectivity index (χ4n) is 1.72. The van der Waals surface area contributed by atoms with Crippen LogP contribution in [0.4, 0.5) is 4.79 Å². The van der Waals surface area contributed by atoms with Gasteiger partial charge in [0.1, 0.15) is 0 Å². The number of amides is 2. The van der Waals surface area contributed by atoms with Gasteiger partial charge in [0.25, 0.3) is 0 Å². The molecule has 0 unspecified atom stereocenters. The van der Waals surface area contributed by atoms with Crippen molar-refractivity contribution in [1.29, 1.82) is 0 Å². The van der Waals surface area contributed by atoms with Crippen LogP contribution in [0.15, 0.2) is 18.7 Å². The molecule has 0 aromatic carbocycles. The zero-order valence-electron chi connectivity index (χ0n) is 11.5. The topological polar surface area (TPSA) is 96.3 Å². The number of nitrogens with zero attached hydrogens (tertiary/aromatic N) is 2. The van der Waals surface area contributed by atoms with Crippen molar-refractivity contribution in [1.82, 2.24) is 20.2 Å². The average Bonchev–Trinajstić information content (AvgIpc) is 2.91. The molecule has 112 valence electrons. The molecule has 0 aliphatic rings. The van der Waals surface area contributed by atoms with Crippen LogP contribution in [0.2, 0.25) is 0 Å². The number of unbranched alkanes of at least 4 members (excludes halogenated alkanes) is 2. The van der Waals surface area contributed by atoms with E-state index in [1.165, 1.54) is 0 Å². The first-order valence-electron chi connectivity index (χ1n) is 6.87. The van der Waals surface area contributed by atoms with E-state index in [4.69, 9.17) is 5.11 Å². The summed E-state index contributed by atoms with van der Waals surface area (Å²) in [6.07, 6.45) is 8.67. The van der Waals surface area contributed by atoms with Crippen LogP contribution in [0.25, 0.3) is 0 Å². The number of rotatable bonds is 10. The Hall–Kier alpha value is -2.05. The number of hydrogen-bond donors (Lipinski definition) is 3. The fraction of sp³-hybridized carbons (Fsp3) is 0.615. The van der Waals surface area contributed by atoms with Crippen molar-refractivity contribution in [2.45, 2.75) is 38.6 Å². The van der Waals surface area contributed by atoms with E-state index in [9.17, 15) is 9.59 Å². The van der Waals surface area contributed by atoms with E-state index in [2.05, 4.69) is 15.6 Å². The van der Waals surface area contributed by atoms with Gasteiger partial charge in [0.2, 0.25) is 0 Å². The van der Waals surface area contributed by atoms with Crippen LogP contribution in [0.1, 0.15) is 32.1 Å². The second-order valence-corrected chi connectivity index (χ2v) is 4.54. The van der Waals surface area contributed by atoms with Gasteiger partial charge in [-0.2, -0.15) is 0 Å². The van der Waals surface area contributed by atoms with Crippen molar-refractivity contribution in [3.8, 4) is 0 Å². The lowest BCUT2D eigenvalue weighted by molar-refractivity contribution is -0.137. The molecule has 1 heterocycles. The van der Waals surface area contributed by atoms with E-state index in [-0.39, 0.29) is 12.5 Å². The van der Waals surface area contributed by atoms with Crippen LogP contribution in [0, 0.1) is 0 Å². The van der Waals surface area contributed by atoms with Crippen molar-refractivity contribution in [2.24, 2.45) is 0 Å². The Balaban J connectivity index is 1.89. The lowest BCUT2D eigenvalue weighted by Gasteiger charge is -2.07. The first-order valence-corrected chi connectivity index (χ1v) is 6.87. The Morgan fingerprint density at radius 2 is 1.85 bits per heavy atom. The lowest BCUT2D eigenvalue weighted by atomic mass is 10.2. The van der Waals surface area contributed by atoms with Crippen molar-refractivity contribution in [3.63, 3.8) is 0 Å². The molecule has 0 radical (unpaired) electrons. The number of aryl methyl sites for hydroxylation is 1. The maximum absolute atomic E-state index is 11.4. The van der Waals surface area contributed by atoms with Crippen LogP contribution in [0.3, 0.4) is 0 Å². The Morgan fingerprint density at radius 1 is 1.10 bits per heavy atom. The third-order valence-electron chi connectivity index (χ3n) is 2.79. The number of carbonyl (C=O) groups excluding carboxylic acids is 1. The third kappa shape index (κ3) is 8.12. The Labute approximate surface area is 118 Å². The van der Waals surface area contributed by atoms with E-state index in [1.807, 2.05) is 10.8 Å². The Bertz CT molecular complexity index is 392. The van der Waals surface area contributed by atoms with Crippen LogP contribution in [-0.2, 0) is 11.3 Å². The highest BCUT2D eigenvalue weighted by Crippen LogP contribution is 1.98. The lowest BCUT2D eigenvalue weighted by Crippen LogP contribution is -2.36. The number of carboxylic acids is 1. The van der Waals surface area contributed by atoms with Crippen molar-refractivity contribution >= 4 is 12.0 Å². The van der Waals surface area contributed by atoms with Gasteiger partial charge in [-0.25, -0.2) is 9.78 Å². The molecule has 0 fully saturated rings. The molecule has 1 aromatic rings. The minimum Gasteiger partial charge on any atom is -0.481 e. The van der Waals surface area contributed by atoms with Gasteiger partial charge in [-0.05, 0) is 19.3 Å². The maximum atomic E-state index is 11.4. The molecule has 3 N–H and O–H groups in total. The van der Waals surface area contributed by atoms with E-state index in [1.54, 1.807) is 12.5 Å². The number of hydrogen-bond acceptors (Lipinski definition) is 3. The quantitative estimate of drug-likeness (QED) is 0.562. The summed E-state index contributed by atoms with van der Waals surface area (Å²) >= 11 is 0. The van der Waals surface area contributed by atoms with E-state index < -0.39 is 5.97 Å². The fourth-order valence-corrected chi connectivity index (χ4v) is 1.72. The summed E-state index contributed by atoms with van der Waals surface area (Å²) in [6, 6.07) is -0.172. The summed E-state index contributed by atoms with van der Waals surface area (Å²) in [5.74, 6) is -0.770. The monoisotopic (exact) mass is 282 g/mol. The van der Waals surface area contributed by atoms with Crippen LogP contribution < -0.4 is 10.6 Å². The summed E-state index contributed by atoms with van der Waals surface area (Å²) in [5.41, 5.74) is 0. The molecule has 0 saturated carbocycles. The zero-order chi connectivity index (χ0) is 14.6. The summed E-state index contributed by atoms with van der Waals surface area (Å²) in [7, 11) is 0. The zero-order valence-corrected chi connectivity index (χ0v) is 11.5. The summed E-state index contributed by atoms with van der Waals surface area (Å²) in [5, 5.41) is 14.0. The molecule has 1 aromatic heterocycles. The van der Waals surface area contributed by atoms with Gasteiger partial charge in [0, 0.05) is 38.4 Å². The molecule has 7 heteroatoms. The molecular weight excluding hydrogens is 260 g/mol. The molecule has 1 rings (SSSR count). The van der Waals surface area contributed by atoms with E-state index >= 15 is 0 Å². The highest BCUT2D eigenvalue weighted by Gasteiger charge is 2.00. The Morgan fingerprint density at radius 3 is 2.50 bits per heavy atom. The molecule has 2 amide bonds. The van der Waals surface area contributed by atoms with Gasteiger partial charge in [0.15, 0.2) is 0 Å². The van der Waals surface area contributed by atoms with Crippen molar-refractivity contribution < 1.29 is 14.7 Å². The third-order valence-corrected chi connectivity index (χ3v) is 2.79. The molecule has 0 saturated heterocycles. The molecule has 7 nitrogen and oxygen atoms in total. The second kappa shape index (κ2) is 9.82. The second-order valence-electron chi connectivity index (χ2n) is 4.54. The van der Waals surface area contributed by atoms with E-state index in [0.717, 1.165) is 25.8 Å². The van der Waals surface area contributed by atoms with E-state index in [0.29, 0.717) is 19.5 Å². The number of aliphatic carboxylic acids is 1. The minimum absolute atomic E-state index is 0.172. The van der Waals surface area contributed by atoms with Gasteiger partial charge in [-0.15, -0.1) is 0 Å². The molecule has 0 aliphatic heterocycles. The van der Waals surface area contributed by atoms with Crippen LogP contribution in [0.5, 0.6) is 0 Å². The summed E-state index contributed by atoms with van der Waals surface area (Å²) in [6.45, 7) is 2.02. The van der Waals surface area contributed by atoms with Gasteiger partial charge in [0.05, 0.1) is 6.33 Å². The number of urea groups is 1. The van der Waals surface area contributed by atoms with Crippen LogP contribution >= 0.6 is 0 Å². The Kier molecular flexibility index (Phi) is 7.86. The number of aromatic nitrogens is 2. The normalized spacial score (nSPS) is 10.2. The molecule has 0 spiro atoms. The first kappa shape index (κ1) is 16.0. The molecule has 0 atom stereocenters. The number of nitrogens with one attached hydrogen (secondary N) is 2.